The van der Waals surface area contributed by atoms with Crippen molar-refractivity contribution in [3.63, 3.8) is 0 Å². The number of esters is 1. The fourth-order valence-electron chi connectivity index (χ4n) is 6.63. The van der Waals surface area contributed by atoms with Crippen molar-refractivity contribution in [3.8, 4) is 0 Å². The number of fused-ring (bicyclic) bond motifs is 1. The van der Waals surface area contributed by atoms with Gasteiger partial charge < -0.3 is 20.7 Å². The van der Waals surface area contributed by atoms with Gasteiger partial charge in [-0.2, -0.15) is 0 Å². The van der Waals surface area contributed by atoms with Crippen LogP contribution in [0.2, 0.25) is 5.02 Å². The summed E-state index contributed by atoms with van der Waals surface area (Å²) >= 11 is 9.00. The van der Waals surface area contributed by atoms with E-state index in [2.05, 4.69) is 36.7 Å². The van der Waals surface area contributed by atoms with E-state index in [1.807, 2.05) is 36.4 Å². The number of halogens is 2. The fraction of sp³-hybridized carbons (Fsp3) is 0.244. The third-order valence-corrected chi connectivity index (χ3v) is 12.5. The first-order valence-electron chi connectivity index (χ1n) is 18.6. The van der Waals surface area contributed by atoms with Gasteiger partial charge in [0.2, 0.25) is 5.91 Å². The first-order valence-corrected chi connectivity index (χ1v) is 20.7. The van der Waals surface area contributed by atoms with Gasteiger partial charge in [0.15, 0.2) is 0 Å². The van der Waals surface area contributed by atoms with Crippen LogP contribution < -0.4 is 16.0 Å². The largest absolute Gasteiger partial charge is 0.462 e. The molecule has 0 saturated carbocycles. The summed E-state index contributed by atoms with van der Waals surface area (Å²) in [6, 6.07) is 28.7. The maximum atomic E-state index is 14.9. The minimum Gasteiger partial charge on any atom is -0.462 e. The van der Waals surface area contributed by atoms with Crippen molar-refractivity contribution in [2.24, 2.45) is 11.3 Å². The lowest BCUT2D eigenvalue weighted by atomic mass is 9.72. The van der Waals surface area contributed by atoms with E-state index in [-0.39, 0.29) is 34.2 Å². The fourth-order valence-corrected chi connectivity index (χ4v) is 9.25. The molecule has 0 spiro atoms. The molecule has 0 fully saturated rings. The van der Waals surface area contributed by atoms with E-state index in [1.165, 1.54) is 47.4 Å². The maximum Gasteiger partial charge on any atom is 0.341 e. The highest BCUT2D eigenvalue weighted by Crippen LogP contribution is 2.45. The Morgan fingerprint density at radius 1 is 0.947 bits per heavy atom. The van der Waals surface area contributed by atoms with Gasteiger partial charge in [0.25, 0.3) is 11.8 Å². The van der Waals surface area contributed by atoms with Crippen molar-refractivity contribution in [1.82, 2.24) is 5.32 Å². The molecule has 1 aromatic heterocycles. The van der Waals surface area contributed by atoms with E-state index in [9.17, 15) is 23.6 Å². The molecule has 3 amide bonds. The van der Waals surface area contributed by atoms with Crippen LogP contribution in [-0.4, -0.2) is 30.3 Å². The molecular formula is C45H43ClFN3O5S2. The van der Waals surface area contributed by atoms with Gasteiger partial charge in [-0.05, 0) is 97.2 Å². The van der Waals surface area contributed by atoms with Gasteiger partial charge in [0.1, 0.15) is 21.8 Å². The lowest BCUT2D eigenvalue weighted by Crippen LogP contribution is -2.30. The predicted molar refractivity (Wildman–Crippen MR) is 227 cm³/mol. The Balaban J connectivity index is 1.27. The van der Waals surface area contributed by atoms with E-state index in [4.69, 9.17) is 16.3 Å². The number of carbonyl (C=O) groups is 4. The summed E-state index contributed by atoms with van der Waals surface area (Å²) in [5, 5.41) is 8.30. The molecule has 294 valence electrons. The molecule has 2 atom stereocenters. The van der Waals surface area contributed by atoms with Crippen LogP contribution in [0.25, 0.3) is 6.08 Å². The molecule has 8 nitrogen and oxygen atoms in total. The smallest absolute Gasteiger partial charge is 0.341 e. The Labute approximate surface area is 345 Å². The van der Waals surface area contributed by atoms with Crippen LogP contribution >= 0.6 is 34.7 Å². The SMILES string of the molecule is CCOC(=O)c1c(NC(=O)C(Sc2cccc(NC(=O)/C(=C\c3c(F)cccc3Cl)NC(=O)c3ccccc3)c2)c2ccccc2)sc2c1CCC(C(C)(C)C)C2. The van der Waals surface area contributed by atoms with Crippen LogP contribution in [0.1, 0.15) is 81.6 Å². The van der Waals surface area contributed by atoms with Gasteiger partial charge in [-0.1, -0.05) is 93.0 Å². The zero-order chi connectivity index (χ0) is 40.7. The first kappa shape index (κ1) is 41.4. The minimum atomic E-state index is -0.752. The summed E-state index contributed by atoms with van der Waals surface area (Å²) in [5.74, 6) is -2.30. The molecule has 2 unspecified atom stereocenters. The molecule has 1 aliphatic rings. The second-order valence-electron chi connectivity index (χ2n) is 14.6. The monoisotopic (exact) mass is 823 g/mol. The van der Waals surface area contributed by atoms with E-state index < -0.39 is 28.9 Å². The molecule has 1 aliphatic carbocycles. The van der Waals surface area contributed by atoms with Gasteiger partial charge in [-0.3, -0.25) is 14.4 Å². The number of thioether (sulfide) groups is 1. The molecule has 12 heteroatoms. The minimum absolute atomic E-state index is 0.0593. The van der Waals surface area contributed by atoms with Crippen molar-refractivity contribution in [1.29, 1.82) is 0 Å². The number of nitrogens with one attached hydrogen (secondary N) is 3. The highest BCUT2D eigenvalue weighted by Gasteiger charge is 2.35. The summed E-state index contributed by atoms with van der Waals surface area (Å²) in [6.07, 6.45) is 3.68. The number of amides is 3. The average molecular weight is 824 g/mol. The third-order valence-electron chi connectivity index (χ3n) is 9.71. The standard InChI is InChI=1S/C45H43ClFN3O5S2/c1-5-55-44(54)38-32-23-22-29(45(2,3)4)24-37(32)57-43(38)50-42(53)39(27-14-8-6-9-15-27)56-31-19-12-18-30(25-31)48-41(52)36(26-33-34(46)20-13-21-35(33)47)49-40(51)28-16-10-7-11-17-28/h6-21,25-26,29,39H,5,22-24H2,1-4H3,(H,48,52)(H,49,51)(H,50,53)/b36-26+. The molecule has 0 saturated heterocycles. The first-order chi connectivity index (χ1) is 27.3. The second-order valence-corrected chi connectivity index (χ2v) is 17.3. The molecule has 0 aliphatic heterocycles. The molecule has 5 aromatic rings. The zero-order valence-electron chi connectivity index (χ0n) is 32.0. The van der Waals surface area contributed by atoms with Crippen LogP contribution in [-0.2, 0) is 27.2 Å². The van der Waals surface area contributed by atoms with E-state index in [0.29, 0.717) is 32.6 Å². The molecule has 1 heterocycles. The summed E-state index contributed by atoms with van der Waals surface area (Å²) in [4.78, 5) is 56.4. The van der Waals surface area contributed by atoms with Gasteiger partial charge >= 0.3 is 5.97 Å². The van der Waals surface area contributed by atoms with Crippen LogP contribution in [0, 0.1) is 17.2 Å². The number of anilines is 2. The van der Waals surface area contributed by atoms with Crippen molar-refractivity contribution >= 4 is 75.2 Å². The molecular weight excluding hydrogens is 781 g/mol. The molecule has 6 rings (SSSR count). The second kappa shape index (κ2) is 18.4. The van der Waals surface area contributed by atoms with Crippen LogP contribution in [0.4, 0.5) is 15.1 Å². The summed E-state index contributed by atoms with van der Waals surface area (Å²) in [7, 11) is 0. The molecule has 3 N–H and O–H groups in total. The lowest BCUT2D eigenvalue weighted by Gasteiger charge is -2.33. The van der Waals surface area contributed by atoms with Crippen molar-refractivity contribution < 1.29 is 28.3 Å². The average Bonchev–Trinajstić information content (AvgIpc) is 3.55. The quantitative estimate of drug-likeness (QED) is 0.0656. The number of rotatable bonds is 12. The van der Waals surface area contributed by atoms with Gasteiger partial charge in [0.05, 0.1) is 17.2 Å². The molecule has 4 aromatic carbocycles. The Morgan fingerprint density at radius 3 is 2.33 bits per heavy atom. The maximum absolute atomic E-state index is 14.9. The Hall–Kier alpha value is -5.23. The molecule has 0 radical (unpaired) electrons. The normalized spacial score (nSPS) is 14.6. The lowest BCUT2D eigenvalue weighted by molar-refractivity contribution is -0.116. The van der Waals surface area contributed by atoms with Crippen LogP contribution in [0.5, 0.6) is 0 Å². The van der Waals surface area contributed by atoms with E-state index >= 15 is 0 Å². The topological polar surface area (TPSA) is 114 Å². The number of hydrogen-bond donors (Lipinski definition) is 3. The van der Waals surface area contributed by atoms with Crippen LogP contribution in [0.15, 0.2) is 114 Å². The summed E-state index contributed by atoms with van der Waals surface area (Å²) in [6.45, 7) is 8.67. The van der Waals surface area contributed by atoms with Crippen molar-refractivity contribution in [3.05, 3.63) is 152 Å². The Kier molecular flexibility index (Phi) is 13.3. The zero-order valence-corrected chi connectivity index (χ0v) is 34.4. The highest BCUT2D eigenvalue weighted by atomic mass is 35.5. The number of benzene rings is 4. The molecule has 57 heavy (non-hydrogen) atoms. The number of ether oxygens (including phenoxy) is 1. The van der Waals surface area contributed by atoms with Crippen LogP contribution in [0.3, 0.4) is 0 Å². The predicted octanol–water partition coefficient (Wildman–Crippen LogP) is 10.7. The summed E-state index contributed by atoms with van der Waals surface area (Å²) in [5.41, 5.74) is 2.57. The number of thiophene rings is 1. The van der Waals surface area contributed by atoms with Gasteiger partial charge in [-0.15, -0.1) is 23.1 Å². The van der Waals surface area contributed by atoms with Gasteiger partial charge in [-0.25, -0.2) is 9.18 Å². The summed E-state index contributed by atoms with van der Waals surface area (Å²) < 4.78 is 20.3. The van der Waals surface area contributed by atoms with E-state index in [0.717, 1.165) is 35.3 Å². The third kappa shape index (κ3) is 10.2. The Bertz CT molecular complexity index is 2290. The Morgan fingerprint density at radius 2 is 1.65 bits per heavy atom. The van der Waals surface area contributed by atoms with Crippen molar-refractivity contribution in [2.45, 2.75) is 57.1 Å². The van der Waals surface area contributed by atoms with E-state index in [1.54, 1.807) is 55.5 Å². The molecule has 0 bridgehead atoms. The van der Waals surface area contributed by atoms with Gasteiger partial charge in [0, 0.05) is 26.6 Å². The highest BCUT2D eigenvalue weighted by molar-refractivity contribution is 8.00. The van der Waals surface area contributed by atoms with Crippen molar-refractivity contribution in [2.75, 3.05) is 17.2 Å². The number of carbonyl (C=O) groups excluding carboxylic acids is 4. The number of hydrogen-bond acceptors (Lipinski definition) is 7.